The zero-order chi connectivity index (χ0) is 11.0. The zero-order valence-corrected chi connectivity index (χ0v) is 8.08. The van der Waals surface area contributed by atoms with Gasteiger partial charge in [-0.05, 0) is 6.42 Å². The van der Waals surface area contributed by atoms with Crippen LogP contribution in [0.15, 0.2) is 0 Å². The summed E-state index contributed by atoms with van der Waals surface area (Å²) in [5, 5.41) is 0. The lowest BCUT2D eigenvalue weighted by Gasteiger charge is -2.13. The number of carbonyl (C=O) groups is 2. The first-order valence-corrected chi connectivity index (χ1v) is 4.15. The van der Waals surface area contributed by atoms with Gasteiger partial charge in [0.25, 0.3) is 0 Å². The second-order valence-corrected chi connectivity index (χ2v) is 2.74. The molecule has 0 unspecified atom stereocenters. The molecule has 7 heteroatoms. The number of amides is 2. The molecule has 1 atom stereocenters. The number of ether oxygens (including phenoxy) is 1. The van der Waals surface area contributed by atoms with E-state index >= 15 is 0 Å². The normalized spacial score (nSPS) is 11.9. The lowest BCUT2D eigenvalue weighted by molar-refractivity contribution is -0.125. The Morgan fingerprint density at radius 3 is 2.29 bits per heavy atom. The van der Waals surface area contributed by atoms with Crippen molar-refractivity contribution in [1.29, 1.82) is 0 Å². The molecular weight excluding hydrogens is 188 g/mol. The quantitative estimate of drug-likeness (QED) is 0.230. The van der Waals surface area contributed by atoms with Gasteiger partial charge in [0.2, 0.25) is 11.8 Å². The maximum atomic E-state index is 10.9. The van der Waals surface area contributed by atoms with Gasteiger partial charge in [-0.3, -0.25) is 20.4 Å². The average molecular weight is 204 g/mol. The summed E-state index contributed by atoms with van der Waals surface area (Å²) in [6.07, 6.45) is 0.445. The third kappa shape index (κ3) is 5.46. The van der Waals surface area contributed by atoms with E-state index in [0.717, 1.165) is 0 Å². The van der Waals surface area contributed by atoms with Crippen molar-refractivity contribution >= 4 is 11.8 Å². The number of nitrogens with two attached hydrogens (primary N) is 2. The average Bonchev–Trinajstić information content (AvgIpc) is 2.22. The third-order valence-corrected chi connectivity index (χ3v) is 1.76. The predicted octanol–water partition coefficient (Wildman–Crippen LogP) is -1.85. The first-order valence-electron chi connectivity index (χ1n) is 4.15. The van der Waals surface area contributed by atoms with Crippen LogP contribution < -0.4 is 22.5 Å². The van der Waals surface area contributed by atoms with Gasteiger partial charge >= 0.3 is 0 Å². The van der Waals surface area contributed by atoms with E-state index in [1.165, 1.54) is 7.11 Å². The molecule has 0 saturated heterocycles. The first kappa shape index (κ1) is 12.8. The molecule has 0 aliphatic rings. The smallest absolute Gasteiger partial charge is 0.236 e. The molecule has 0 radical (unpaired) electrons. The number of hydrogen-bond donors (Lipinski definition) is 4. The Labute approximate surface area is 82.1 Å². The van der Waals surface area contributed by atoms with Gasteiger partial charge < -0.3 is 4.74 Å². The molecule has 14 heavy (non-hydrogen) atoms. The Hall–Kier alpha value is -1.18. The van der Waals surface area contributed by atoms with E-state index in [4.69, 9.17) is 16.4 Å². The van der Waals surface area contributed by atoms with Gasteiger partial charge in [0, 0.05) is 13.5 Å². The molecule has 0 heterocycles. The van der Waals surface area contributed by atoms with Crippen LogP contribution in [0, 0.1) is 0 Å². The van der Waals surface area contributed by atoms with Gasteiger partial charge in [0.05, 0.1) is 12.5 Å². The summed E-state index contributed by atoms with van der Waals surface area (Å²) in [5.41, 5.74) is 3.98. The maximum Gasteiger partial charge on any atom is 0.236 e. The monoisotopic (exact) mass is 204 g/mol. The fourth-order valence-corrected chi connectivity index (χ4v) is 0.933. The van der Waals surface area contributed by atoms with Crippen molar-refractivity contribution < 1.29 is 14.3 Å². The highest BCUT2D eigenvalue weighted by Gasteiger charge is 2.13. The van der Waals surface area contributed by atoms with Crippen LogP contribution in [0.4, 0.5) is 0 Å². The molecule has 0 rings (SSSR count). The molecule has 82 valence electrons. The number of nitrogens with one attached hydrogen (secondary N) is 2. The van der Waals surface area contributed by atoms with Gasteiger partial charge in [0.15, 0.2) is 0 Å². The zero-order valence-electron chi connectivity index (χ0n) is 8.08. The standard InChI is InChI=1S/C7H16N4O3/c1-14-5(4-7(13)11-9)2-3-6(12)10-8/h5H,2-4,8-9H2,1H3,(H,10,12)(H,11,13)/t5-/m1/s1. The van der Waals surface area contributed by atoms with E-state index in [1.54, 1.807) is 0 Å². The van der Waals surface area contributed by atoms with Crippen molar-refractivity contribution in [2.75, 3.05) is 7.11 Å². The summed E-state index contributed by atoms with van der Waals surface area (Å²) in [5.74, 6) is 9.17. The van der Waals surface area contributed by atoms with Crippen molar-refractivity contribution in [3.63, 3.8) is 0 Å². The van der Waals surface area contributed by atoms with Gasteiger partial charge in [0.1, 0.15) is 0 Å². The highest BCUT2D eigenvalue weighted by Crippen LogP contribution is 2.05. The largest absolute Gasteiger partial charge is 0.381 e. The lowest BCUT2D eigenvalue weighted by atomic mass is 10.1. The minimum atomic E-state index is -0.329. The van der Waals surface area contributed by atoms with Crippen molar-refractivity contribution in [1.82, 2.24) is 10.9 Å². The van der Waals surface area contributed by atoms with E-state index in [9.17, 15) is 9.59 Å². The molecular formula is C7H16N4O3. The highest BCUT2D eigenvalue weighted by molar-refractivity contribution is 5.76. The molecule has 0 aromatic carbocycles. The van der Waals surface area contributed by atoms with E-state index in [1.807, 2.05) is 10.9 Å². The number of hydrogen-bond acceptors (Lipinski definition) is 5. The molecule has 6 N–H and O–H groups in total. The van der Waals surface area contributed by atoms with Gasteiger partial charge in [-0.25, -0.2) is 11.7 Å². The third-order valence-electron chi connectivity index (χ3n) is 1.76. The first-order chi connectivity index (χ1) is 6.63. The van der Waals surface area contributed by atoms with Crippen molar-refractivity contribution in [2.45, 2.75) is 25.4 Å². The minimum Gasteiger partial charge on any atom is -0.381 e. The van der Waals surface area contributed by atoms with E-state index < -0.39 is 0 Å². The van der Waals surface area contributed by atoms with Gasteiger partial charge in [-0.15, -0.1) is 0 Å². The minimum absolute atomic E-state index is 0.130. The molecule has 0 aromatic heterocycles. The molecule has 0 aliphatic carbocycles. The van der Waals surface area contributed by atoms with Crippen LogP contribution in [-0.2, 0) is 14.3 Å². The van der Waals surface area contributed by atoms with Crippen LogP contribution >= 0.6 is 0 Å². The summed E-state index contributed by atoms with van der Waals surface area (Å²) in [6, 6.07) is 0. The number of hydrazine groups is 2. The van der Waals surface area contributed by atoms with E-state index in [-0.39, 0.29) is 30.8 Å². The number of carbonyl (C=O) groups excluding carboxylic acids is 2. The van der Waals surface area contributed by atoms with Crippen LogP contribution in [0.5, 0.6) is 0 Å². The highest BCUT2D eigenvalue weighted by atomic mass is 16.5. The topological polar surface area (TPSA) is 119 Å². The van der Waals surface area contributed by atoms with E-state index in [2.05, 4.69) is 0 Å². The molecule has 0 aliphatic heterocycles. The molecule has 0 bridgehead atoms. The fraction of sp³-hybridized carbons (Fsp3) is 0.714. The Morgan fingerprint density at radius 2 is 1.86 bits per heavy atom. The van der Waals surface area contributed by atoms with Crippen LogP contribution in [-0.4, -0.2) is 25.0 Å². The fourth-order valence-electron chi connectivity index (χ4n) is 0.933. The molecule has 0 aromatic rings. The van der Waals surface area contributed by atoms with Crippen molar-refractivity contribution in [2.24, 2.45) is 11.7 Å². The summed E-state index contributed by atoms with van der Waals surface area (Å²) >= 11 is 0. The van der Waals surface area contributed by atoms with Crippen molar-refractivity contribution in [3.8, 4) is 0 Å². The Morgan fingerprint density at radius 1 is 1.29 bits per heavy atom. The Balaban J connectivity index is 3.79. The Kier molecular flexibility index (Phi) is 6.63. The van der Waals surface area contributed by atoms with Gasteiger partial charge in [-0.2, -0.15) is 0 Å². The van der Waals surface area contributed by atoms with Crippen LogP contribution in [0.25, 0.3) is 0 Å². The van der Waals surface area contributed by atoms with E-state index in [0.29, 0.717) is 6.42 Å². The molecule has 2 amide bonds. The summed E-state index contributed by atoms with van der Waals surface area (Å²) in [6.45, 7) is 0. The maximum absolute atomic E-state index is 10.9. The predicted molar refractivity (Wildman–Crippen MR) is 49.3 cm³/mol. The molecule has 0 saturated carbocycles. The lowest BCUT2D eigenvalue weighted by Crippen LogP contribution is -2.34. The van der Waals surface area contributed by atoms with Gasteiger partial charge in [-0.1, -0.05) is 0 Å². The summed E-state index contributed by atoms with van der Waals surface area (Å²) < 4.78 is 4.98. The van der Waals surface area contributed by atoms with Crippen LogP contribution in [0.1, 0.15) is 19.3 Å². The Bertz CT molecular complexity index is 197. The summed E-state index contributed by atoms with van der Waals surface area (Å²) in [4.78, 5) is 21.6. The van der Waals surface area contributed by atoms with Crippen LogP contribution in [0.3, 0.4) is 0 Å². The number of rotatable bonds is 6. The summed E-state index contributed by atoms with van der Waals surface area (Å²) in [7, 11) is 1.47. The SMILES string of the molecule is CO[C@H](CCC(=O)NN)CC(=O)NN. The second kappa shape index (κ2) is 7.25. The molecule has 0 spiro atoms. The molecule has 7 nitrogen and oxygen atoms in total. The second-order valence-electron chi connectivity index (χ2n) is 2.74. The van der Waals surface area contributed by atoms with Crippen LogP contribution in [0.2, 0.25) is 0 Å². The molecule has 0 fully saturated rings. The number of methoxy groups -OCH3 is 1. The van der Waals surface area contributed by atoms with Crippen molar-refractivity contribution in [3.05, 3.63) is 0 Å².